The molecule has 4 rings (SSSR count). The topological polar surface area (TPSA) is 80.7 Å². The third-order valence-corrected chi connectivity index (χ3v) is 8.60. The highest BCUT2D eigenvalue weighted by Gasteiger charge is 2.64. The van der Waals surface area contributed by atoms with Gasteiger partial charge in [0.1, 0.15) is 6.61 Å². The Kier molecular flexibility index (Phi) is 4.88. The Balaban J connectivity index is 1.65. The van der Waals surface area contributed by atoms with Gasteiger partial charge in [0, 0.05) is 24.2 Å². The summed E-state index contributed by atoms with van der Waals surface area (Å²) in [5.74, 6) is 0.319. The van der Waals surface area contributed by atoms with Crippen molar-refractivity contribution in [2.24, 2.45) is 40.4 Å². The third kappa shape index (κ3) is 3.04. The minimum Gasteiger partial charge on any atom is -0.458 e. The number of ether oxygens (including phenoxy) is 1. The largest absolute Gasteiger partial charge is 0.458 e. The first-order chi connectivity index (χ1) is 13.6. The summed E-state index contributed by atoms with van der Waals surface area (Å²) in [5, 5.41) is 11.3. The molecule has 0 radical (unpaired) electrons. The van der Waals surface area contributed by atoms with E-state index in [4.69, 9.17) is 4.74 Å². The molecule has 0 spiro atoms. The fourth-order valence-corrected chi connectivity index (χ4v) is 7.64. The molecule has 0 unspecified atom stereocenters. The number of fused-ring (bicyclic) bond motifs is 5. The van der Waals surface area contributed by atoms with Gasteiger partial charge in [-0.15, -0.1) is 0 Å². The van der Waals surface area contributed by atoms with E-state index in [9.17, 15) is 19.5 Å². The van der Waals surface area contributed by atoms with E-state index < -0.39 is 12.1 Å². The second-order valence-corrected chi connectivity index (χ2v) is 10.2. The van der Waals surface area contributed by atoms with Crippen molar-refractivity contribution in [3.8, 4) is 0 Å². The van der Waals surface area contributed by atoms with Crippen LogP contribution in [-0.4, -0.2) is 35.4 Å². The van der Waals surface area contributed by atoms with E-state index in [1.165, 1.54) is 6.92 Å². The number of Topliss-reactive ketones (excluding diaryl/α,β-unsaturated/α-hetero) is 1. The van der Waals surface area contributed by atoms with E-state index in [0.717, 1.165) is 24.8 Å². The number of aliphatic hydroxyl groups is 1. The number of esters is 1. The van der Waals surface area contributed by atoms with Crippen molar-refractivity contribution in [2.75, 3.05) is 6.61 Å². The van der Waals surface area contributed by atoms with Gasteiger partial charge in [0.15, 0.2) is 11.6 Å². The van der Waals surface area contributed by atoms with Gasteiger partial charge in [0.25, 0.3) is 0 Å². The molecule has 8 atom stereocenters. The van der Waals surface area contributed by atoms with Crippen LogP contribution in [0.15, 0.2) is 23.8 Å². The molecule has 0 aromatic heterocycles. The van der Waals surface area contributed by atoms with Gasteiger partial charge in [-0.05, 0) is 61.0 Å². The Morgan fingerprint density at radius 3 is 2.72 bits per heavy atom. The van der Waals surface area contributed by atoms with E-state index >= 15 is 0 Å². The Labute approximate surface area is 172 Å². The minimum atomic E-state index is -0.526. The lowest BCUT2D eigenvalue weighted by molar-refractivity contribution is -0.152. The maximum Gasteiger partial charge on any atom is 0.303 e. The zero-order valence-electron chi connectivity index (χ0n) is 17.8. The van der Waals surface area contributed by atoms with E-state index in [1.54, 1.807) is 12.2 Å². The van der Waals surface area contributed by atoms with Crippen LogP contribution in [0.1, 0.15) is 53.4 Å². The van der Waals surface area contributed by atoms with Crippen LogP contribution in [0.25, 0.3) is 0 Å². The number of hydrogen-bond acceptors (Lipinski definition) is 5. The quantitative estimate of drug-likeness (QED) is 0.736. The van der Waals surface area contributed by atoms with Crippen LogP contribution in [0, 0.1) is 40.4 Å². The number of hydrogen-bond donors (Lipinski definition) is 1. The number of rotatable bonds is 3. The zero-order chi connectivity index (χ0) is 21.1. The summed E-state index contributed by atoms with van der Waals surface area (Å²) in [4.78, 5) is 36.1. The lowest BCUT2D eigenvalue weighted by atomic mass is 9.46. The van der Waals surface area contributed by atoms with Crippen molar-refractivity contribution in [1.82, 2.24) is 0 Å². The summed E-state index contributed by atoms with van der Waals surface area (Å²) in [5.41, 5.74) is 0.561. The molecular formula is C24H32O5. The molecule has 158 valence electrons. The third-order valence-electron chi connectivity index (χ3n) is 8.60. The molecule has 4 aliphatic rings. The lowest BCUT2D eigenvalue weighted by Crippen LogP contribution is -2.56. The molecule has 3 saturated carbocycles. The van der Waals surface area contributed by atoms with Crippen LogP contribution in [0.2, 0.25) is 0 Å². The monoisotopic (exact) mass is 400 g/mol. The first-order valence-corrected chi connectivity index (χ1v) is 10.9. The fraction of sp³-hybridized carbons (Fsp3) is 0.708. The molecule has 5 nitrogen and oxygen atoms in total. The van der Waals surface area contributed by atoms with Crippen LogP contribution in [0.5, 0.6) is 0 Å². The van der Waals surface area contributed by atoms with Gasteiger partial charge in [-0.2, -0.15) is 0 Å². The molecule has 29 heavy (non-hydrogen) atoms. The van der Waals surface area contributed by atoms with E-state index in [0.29, 0.717) is 18.3 Å². The second kappa shape index (κ2) is 6.90. The van der Waals surface area contributed by atoms with Gasteiger partial charge in [0.2, 0.25) is 0 Å². The van der Waals surface area contributed by atoms with Crippen molar-refractivity contribution in [3.05, 3.63) is 23.8 Å². The first kappa shape index (κ1) is 20.5. The number of carbonyl (C=O) groups is 3. The summed E-state index contributed by atoms with van der Waals surface area (Å²) in [7, 11) is 0. The average molecular weight is 401 g/mol. The van der Waals surface area contributed by atoms with E-state index in [1.807, 2.05) is 6.08 Å². The predicted octanol–water partition coefficient (Wildman–Crippen LogP) is 3.26. The van der Waals surface area contributed by atoms with E-state index in [2.05, 4.69) is 20.8 Å². The maximum absolute atomic E-state index is 13.0. The first-order valence-electron chi connectivity index (χ1n) is 10.9. The van der Waals surface area contributed by atoms with Gasteiger partial charge in [-0.1, -0.05) is 32.4 Å². The Morgan fingerprint density at radius 1 is 1.31 bits per heavy atom. The van der Waals surface area contributed by atoms with Gasteiger partial charge in [-0.25, -0.2) is 0 Å². The molecule has 4 aliphatic carbocycles. The molecule has 3 fully saturated rings. The fourth-order valence-electron chi connectivity index (χ4n) is 7.64. The van der Waals surface area contributed by atoms with Crippen molar-refractivity contribution in [2.45, 2.75) is 59.5 Å². The number of allylic oxidation sites excluding steroid dienone is 4. The normalized spacial score (nSPS) is 45.7. The summed E-state index contributed by atoms with van der Waals surface area (Å²) in [6.07, 6.45) is 8.24. The standard InChI is InChI=1S/C24H32O5/c1-13-9-18-17-6-5-15-10-16(26)7-8-23(15,3)22(17)19(27)11-24(18,4)21(13)20(28)12-29-14(2)25/h7-8,10,13,17-19,21-22,27H,5-6,9,11-12H2,1-4H3/t13-,17+,18+,19+,21-,22-,23+,24+/m1/s1. The molecule has 0 aromatic rings. The highest BCUT2D eigenvalue weighted by Crippen LogP contribution is 2.67. The van der Waals surface area contributed by atoms with Crippen molar-refractivity contribution >= 4 is 17.5 Å². The van der Waals surface area contributed by atoms with Crippen molar-refractivity contribution in [1.29, 1.82) is 0 Å². The van der Waals surface area contributed by atoms with Crippen LogP contribution in [-0.2, 0) is 19.1 Å². The maximum atomic E-state index is 13.0. The molecule has 0 heterocycles. The van der Waals surface area contributed by atoms with Gasteiger partial charge >= 0.3 is 5.97 Å². The van der Waals surface area contributed by atoms with Crippen LogP contribution in [0.3, 0.4) is 0 Å². The highest BCUT2D eigenvalue weighted by atomic mass is 16.5. The summed E-state index contributed by atoms with van der Waals surface area (Å²) in [6.45, 7) is 7.58. The van der Waals surface area contributed by atoms with Gasteiger partial charge in [0.05, 0.1) is 6.10 Å². The molecule has 1 N–H and O–H groups in total. The van der Waals surface area contributed by atoms with Crippen molar-refractivity contribution in [3.63, 3.8) is 0 Å². The smallest absolute Gasteiger partial charge is 0.303 e. The molecule has 0 saturated heterocycles. The van der Waals surface area contributed by atoms with Crippen LogP contribution < -0.4 is 0 Å². The lowest BCUT2D eigenvalue weighted by Gasteiger charge is -2.58. The van der Waals surface area contributed by atoms with Crippen molar-refractivity contribution < 1.29 is 24.2 Å². The summed E-state index contributed by atoms with van der Waals surface area (Å²) >= 11 is 0. The predicted molar refractivity (Wildman–Crippen MR) is 108 cm³/mol. The summed E-state index contributed by atoms with van der Waals surface area (Å²) < 4.78 is 5.02. The van der Waals surface area contributed by atoms with Crippen LogP contribution >= 0.6 is 0 Å². The Hall–Kier alpha value is -1.75. The SMILES string of the molecule is CC(=O)OCC(=O)[C@H]1[C@H](C)C[C@H]2[C@@H]3CCC4=CC(=O)C=C[C@]4(C)[C@H]3[C@@H](O)C[C@@]21C. The Bertz CT molecular complexity index is 810. The Morgan fingerprint density at radius 2 is 2.03 bits per heavy atom. The number of ketones is 2. The second-order valence-electron chi connectivity index (χ2n) is 10.2. The molecule has 0 aromatic carbocycles. The number of aliphatic hydroxyl groups excluding tert-OH is 1. The van der Waals surface area contributed by atoms with Gasteiger partial charge < -0.3 is 9.84 Å². The molecule has 0 amide bonds. The molecule has 5 heteroatoms. The zero-order valence-corrected chi connectivity index (χ0v) is 17.8. The van der Waals surface area contributed by atoms with E-state index in [-0.39, 0.29) is 46.8 Å². The minimum absolute atomic E-state index is 0.0193. The summed E-state index contributed by atoms with van der Waals surface area (Å²) in [6, 6.07) is 0. The van der Waals surface area contributed by atoms with Gasteiger partial charge in [-0.3, -0.25) is 14.4 Å². The average Bonchev–Trinajstić information content (AvgIpc) is 2.89. The highest BCUT2D eigenvalue weighted by molar-refractivity contribution is 6.01. The molecular weight excluding hydrogens is 368 g/mol. The van der Waals surface area contributed by atoms with Crippen LogP contribution in [0.4, 0.5) is 0 Å². The molecule has 0 aliphatic heterocycles. The number of carbonyl (C=O) groups excluding carboxylic acids is 3. The molecule has 0 bridgehead atoms.